The minimum Gasteiger partial charge on any atom is -0.355 e. The van der Waals surface area contributed by atoms with Gasteiger partial charge in [-0.3, -0.25) is 14.4 Å². The van der Waals surface area contributed by atoms with Gasteiger partial charge in [0.25, 0.3) is 17.7 Å². The van der Waals surface area contributed by atoms with Crippen LogP contribution in [0.25, 0.3) is 0 Å². The fraction of sp³-hybridized carbons (Fsp3) is 0.250. The number of hydrogen-bond acceptors (Lipinski definition) is 4. The molecule has 8 nitrogen and oxygen atoms in total. The molecule has 0 spiro atoms. The molecule has 3 amide bonds. The monoisotopic (exact) mass is 383 g/mol. The van der Waals surface area contributed by atoms with Gasteiger partial charge in [-0.1, -0.05) is 0 Å². The Balaban J connectivity index is 2.38. The molecular formula is C16H16F3N5O3. The lowest BCUT2D eigenvalue weighted by Crippen LogP contribution is -2.23. The van der Waals surface area contributed by atoms with Crippen molar-refractivity contribution in [2.24, 2.45) is 7.05 Å². The van der Waals surface area contributed by atoms with E-state index in [4.69, 9.17) is 0 Å². The van der Waals surface area contributed by atoms with Crippen LogP contribution in [0.2, 0.25) is 0 Å². The predicted octanol–water partition coefficient (Wildman–Crippen LogP) is 1.41. The summed E-state index contributed by atoms with van der Waals surface area (Å²) in [6, 6.07) is 3.89. The van der Waals surface area contributed by atoms with Crippen molar-refractivity contribution in [1.29, 1.82) is 0 Å². The van der Waals surface area contributed by atoms with Gasteiger partial charge in [0, 0.05) is 44.2 Å². The second-order valence-electron chi connectivity index (χ2n) is 5.47. The van der Waals surface area contributed by atoms with Crippen LogP contribution in [-0.2, 0) is 13.2 Å². The van der Waals surface area contributed by atoms with Gasteiger partial charge in [0.1, 0.15) is 0 Å². The molecule has 0 aliphatic heterocycles. The van der Waals surface area contributed by atoms with E-state index in [0.717, 1.165) is 4.57 Å². The molecule has 2 rings (SSSR count). The van der Waals surface area contributed by atoms with Gasteiger partial charge in [0.2, 0.25) is 0 Å². The maximum absolute atomic E-state index is 12.7. The Labute approximate surface area is 151 Å². The molecule has 0 atom stereocenters. The van der Waals surface area contributed by atoms with E-state index in [2.05, 4.69) is 20.9 Å². The number of hydrogen-bond donors (Lipinski definition) is 3. The molecule has 0 saturated heterocycles. The average molecular weight is 383 g/mol. The molecule has 3 N–H and O–H groups in total. The van der Waals surface area contributed by atoms with Crippen LogP contribution in [0.15, 0.2) is 24.4 Å². The fourth-order valence-corrected chi connectivity index (χ4v) is 2.25. The first-order valence-electron chi connectivity index (χ1n) is 7.58. The van der Waals surface area contributed by atoms with E-state index in [1.165, 1.54) is 39.3 Å². The summed E-state index contributed by atoms with van der Waals surface area (Å²) in [4.78, 5) is 39.3. The van der Waals surface area contributed by atoms with E-state index in [0.29, 0.717) is 6.20 Å². The Morgan fingerprint density at radius 3 is 1.89 bits per heavy atom. The van der Waals surface area contributed by atoms with Crippen molar-refractivity contribution in [1.82, 2.24) is 20.2 Å². The third-order valence-electron chi connectivity index (χ3n) is 3.54. The van der Waals surface area contributed by atoms with E-state index in [1.807, 2.05) is 0 Å². The zero-order chi connectivity index (χ0) is 20.4. The number of nitrogens with one attached hydrogen (secondary N) is 3. The summed E-state index contributed by atoms with van der Waals surface area (Å²) in [5.74, 6) is -2.42. The molecule has 2 aromatic rings. The number of rotatable bonds is 4. The topological polar surface area (TPSA) is 105 Å². The number of amides is 3. The van der Waals surface area contributed by atoms with Gasteiger partial charge >= 0.3 is 6.18 Å². The molecule has 0 radical (unpaired) electrons. The molecule has 1 aromatic heterocycles. The van der Waals surface area contributed by atoms with Crippen molar-refractivity contribution in [3.05, 3.63) is 47.0 Å². The first-order valence-corrected chi connectivity index (χ1v) is 7.58. The van der Waals surface area contributed by atoms with Crippen LogP contribution < -0.4 is 16.0 Å². The summed E-state index contributed by atoms with van der Waals surface area (Å²) in [5.41, 5.74) is -0.981. The number of imidazole rings is 1. The minimum absolute atomic E-state index is 0.0521. The number of halogens is 3. The molecule has 11 heteroatoms. The quantitative estimate of drug-likeness (QED) is 0.742. The van der Waals surface area contributed by atoms with E-state index in [-0.39, 0.29) is 16.8 Å². The third-order valence-corrected chi connectivity index (χ3v) is 3.54. The summed E-state index contributed by atoms with van der Waals surface area (Å²) < 4.78 is 39.1. The second kappa shape index (κ2) is 7.48. The smallest absolute Gasteiger partial charge is 0.355 e. The van der Waals surface area contributed by atoms with Crippen LogP contribution in [0, 0.1) is 0 Å². The molecule has 144 valence electrons. The van der Waals surface area contributed by atoms with Crippen LogP contribution in [-0.4, -0.2) is 41.4 Å². The molecule has 0 fully saturated rings. The number of aromatic nitrogens is 2. The Hall–Kier alpha value is -3.37. The Morgan fingerprint density at radius 2 is 1.48 bits per heavy atom. The van der Waals surface area contributed by atoms with Gasteiger partial charge in [-0.15, -0.1) is 0 Å². The van der Waals surface area contributed by atoms with Gasteiger partial charge < -0.3 is 20.5 Å². The van der Waals surface area contributed by atoms with Crippen molar-refractivity contribution >= 4 is 23.4 Å². The van der Waals surface area contributed by atoms with Gasteiger partial charge in [-0.25, -0.2) is 4.98 Å². The molecule has 0 aliphatic rings. The Kier molecular flexibility index (Phi) is 5.52. The van der Waals surface area contributed by atoms with Crippen molar-refractivity contribution in [3.63, 3.8) is 0 Å². The fourth-order valence-electron chi connectivity index (χ4n) is 2.25. The highest BCUT2D eigenvalue weighted by Gasteiger charge is 2.35. The van der Waals surface area contributed by atoms with Gasteiger partial charge in [0.15, 0.2) is 11.5 Å². The first-order chi connectivity index (χ1) is 12.6. The molecule has 0 aliphatic carbocycles. The maximum Gasteiger partial charge on any atom is 0.434 e. The van der Waals surface area contributed by atoms with E-state index < -0.39 is 35.4 Å². The number of nitrogens with zero attached hydrogens (tertiary/aromatic N) is 2. The van der Waals surface area contributed by atoms with Crippen molar-refractivity contribution in [2.75, 3.05) is 19.4 Å². The third kappa shape index (κ3) is 4.43. The summed E-state index contributed by atoms with van der Waals surface area (Å²) in [6.07, 6.45) is -4.01. The lowest BCUT2D eigenvalue weighted by Gasteiger charge is -2.10. The highest BCUT2D eigenvalue weighted by Crippen LogP contribution is 2.28. The van der Waals surface area contributed by atoms with Crippen LogP contribution in [0.5, 0.6) is 0 Å². The number of aryl methyl sites for hydroxylation is 1. The van der Waals surface area contributed by atoms with Crippen molar-refractivity contribution in [2.45, 2.75) is 6.18 Å². The number of carbonyl (C=O) groups excluding carboxylic acids is 3. The van der Waals surface area contributed by atoms with Crippen LogP contribution in [0.3, 0.4) is 0 Å². The predicted molar refractivity (Wildman–Crippen MR) is 89.4 cm³/mol. The number of anilines is 1. The summed E-state index contributed by atoms with van der Waals surface area (Å²) in [5, 5.41) is 7.12. The van der Waals surface area contributed by atoms with E-state index in [1.54, 1.807) is 0 Å². The molecule has 0 unspecified atom stereocenters. The lowest BCUT2D eigenvalue weighted by molar-refractivity contribution is -0.141. The standard InChI is InChI=1S/C16H16F3N5O3/c1-20-13(25)8-4-9(14(26)21-2)6-10(5-8)22-15(27)12-23-11(7-24(12)3)16(17,18)19/h4-7H,1-3H3,(H,20,25)(H,21,26)(H,22,27). The van der Waals surface area contributed by atoms with Crippen molar-refractivity contribution < 1.29 is 27.6 Å². The number of benzene rings is 1. The Morgan fingerprint density at radius 1 is 0.963 bits per heavy atom. The maximum atomic E-state index is 12.7. The summed E-state index contributed by atoms with van der Waals surface area (Å²) >= 11 is 0. The molecule has 1 heterocycles. The zero-order valence-electron chi connectivity index (χ0n) is 14.6. The molecule has 27 heavy (non-hydrogen) atoms. The Bertz CT molecular complexity index is 871. The molecule has 0 saturated carbocycles. The first kappa shape index (κ1) is 19.9. The zero-order valence-corrected chi connectivity index (χ0v) is 14.6. The van der Waals surface area contributed by atoms with Gasteiger partial charge in [-0.05, 0) is 18.2 Å². The highest BCUT2D eigenvalue weighted by molar-refractivity contribution is 6.05. The second-order valence-corrected chi connectivity index (χ2v) is 5.47. The summed E-state index contributed by atoms with van der Waals surface area (Å²) in [6.45, 7) is 0. The van der Waals surface area contributed by atoms with Crippen LogP contribution >= 0.6 is 0 Å². The van der Waals surface area contributed by atoms with Gasteiger partial charge in [0.05, 0.1) is 0 Å². The summed E-state index contributed by atoms with van der Waals surface area (Å²) in [7, 11) is 4.02. The molecule has 0 bridgehead atoms. The highest BCUT2D eigenvalue weighted by atomic mass is 19.4. The molecular weight excluding hydrogens is 367 g/mol. The SMILES string of the molecule is CNC(=O)c1cc(NC(=O)c2nc(C(F)(F)F)cn2C)cc(C(=O)NC)c1. The number of carbonyl (C=O) groups is 3. The van der Waals surface area contributed by atoms with Crippen LogP contribution in [0.4, 0.5) is 18.9 Å². The molecule has 1 aromatic carbocycles. The van der Waals surface area contributed by atoms with Crippen molar-refractivity contribution in [3.8, 4) is 0 Å². The largest absolute Gasteiger partial charge is 0.434 e. The van der Waals surface area contributed by atoms with Crippen LogP contribution in [0.1, 0.15) is 37.0 Å². The average Bonchev–Trinajstić information content (AvgIpc) is 3.02. The lowest BCUT2D eigenvalue weighted by atomic mass is 10.1. The van der Waals surface area contributed by atoms with Gasteiger partial charge in [-0.2, -0.15) is 13.2 Å². The van der Waals surface area contributed by atoms with E-state index >= 15 is 0 Å². The normalized spacial score (nSPS) is 11.0. The minimum atomic E-state index is -4.69. The van der Waals surface area contributed by atoms with E-state index in [9.17, 15) is 27.6 Å². The number of alkyl halides is 3.